The highest BCUT2D eigenvalue weighted by Gasteiger charge is 1.92. The number of aromatic nitrogens is 1. The first kappa shape index (κ1) is 10.2. The fraction of sp³-hybridized carbons (Fsp3) is 0.500. The van der Waals surface area contributed by atoms with Gasteiger partial charge >= 0.3 is 0 Å². The number of nitrogens with zero attached hydrogens (tertiary/aromatic N) is 1. The van der Waals surface area contributed by atoms with Crippen LogP contribution >= 0.6 is 0 Å². The zero-order valence-corrected chi connectivity index (χ0v) is 8.21. The number of hydrogen-bond acceptors (Lipinski definition) is 3. The van der Waals surface area contributed by atoms with Gasteiger partial charge in [0, 0.05) is 18.4 Å². The van der Waals surface area contributed by atoms with Crippen LogP contribution in [-0.2, 0) is 11.3 Å². The molecule has 0 saturated carbocycles. The van der Waals surface area contributed by atoms with Crippen LogP contribution in [0, 0.1) is 6.92 Å². The molecule has 0 amide bonds. The Balaban J connectivity index is 2.25. The Morgan fingerprint density at radius 1 is 1.46 bits per heavy atom. The topological polar surface area (TPSA) is 34.1 Å². The van der Waals surface area contributed by atoms with Gasteiger partial charge in [-0.25, -0.2) is 0 Å². The molecule has 0 spiro atoms. The summed E-state index contributed by atoms with van der Waals surface area (Å²) in [5.74, 6) is 0. The molecule has 3 heteroatoms. The highest BCUT2D eigenvalue weighted by molar-refractivity contribution is 5.11. The van der Waals surface area contributed by atoms with Gasteiger partial charge in [0.05, 0.1) is 13.2 Å². The van der Waals surface area contributed by atoms with Gasteiger partial charge in [0.2, 0.25) is 0 Å². The first-order chi connectivity index (χ1) is 6.33. The minimum absolute atomic E-state index is 0.648. The summed E-state index contributed by atoms with van der Waals surface area (Å²) in [7, 11) is 1.91. The van der Waals surface area contributed by atoms with E-state index in [0.29, 0.717) is 6.61 Å². The quantitative estimate of drug-likeness (QED) is 0.690. The lowest BCUT2D eigenvalue weighted by Crippen LogP contribution is -2.14. The molecular formula is C10H16N2O. The average molecular weight is 180 g/mol. The highest BCUT2D eigenvalue weighted by atomic mass is 16.5. The van der Waals surface area contributed by atoms with Crippen LogP contribution in [0.15, 0.2) is 18.3 Å². The minimum Gasteiger partial charge on any atom is -0.375 e. The zero-order valence-electron chi connectivity index (χ0n) is 8.21. The molecule has 72 valence electrons. The molecule has 0 radical (unpaired) electrons. The van der Waals surface area contributed by atoms with Crippen molar-refractivity contribution in [1.29, 1.82) is 0 Å². The maximum Gasteiger partial charge on any atom is 0.0732 e. The molecule has 0 aliphatic carbocycles. The number of nitrogens with one attached hydrogen (secondary N) is 1. The smallest absolute Gasteiger partial charge is 0.0732 e. The Hall–Kier alpha value is -0.930. The second-order valence-electron chi connectivity index (χ2n) is 2.96. The van der Waals surface area contributed by atoms with Crippen LogP contribution in [-0.4, -0.2) is 25.2 Å². The molecular weight excluding hydrogens is 164 g/mol. The molecule has 1 heterocycles. The number of aryl methyl sites for hydroxylation is 1. The number of pyridine rings is 1. The first-order valence-corrected chi connectivity index (χ1v) is 4.47. The standard InChI is InChI=1S/C10H16N2O/c1-9-3-4-10(7-12-9)8-13-6-5-11-2/h3-4,7,11H,5-6,8H2,1-2H3. The molecule has 0 aliphatic heterocycles. The molecule has 13 heavy (non-hydrogen) atoms. The zero-order chi connectivity index (χ0) is 9.52. The van der Waals surface area contributed by atoms with Gasteiger partial charge in [0.1, 0.15) is 0 Å². The van der Waals surface area contributed by atoms with Crippen molar-refractivity contribution in [3.8, 4) is 0 Å². The average Bonchev–Trinajstić information content (AvgIpc) is 2.15. The van der Waals surface area contributed by atoms with Gasteiger partial charge in [-0.15, -0.1) is 0 Å². The molecule has 0 fully saturated rings. The van der Waals surface area contributed by atoms with Crippen molar-refractivity contribution in [3.05, 3.63) is 29.6 Å². The van der Waals surface area contributed by atoms with E-state index in [2.05, 4.69) is 10.3 Å². The molecule has 0 saturated heterocycles. The predicted octanol–water partition coefficient (Wildman–Crippen LogP) is 1.13. The first-order valence-electron chi connectivity index (χ1n) is 4.47. The number of rotatable bonds is 5. The highest BCUT2D eigenvalue weighted by Crippen LogP contribution is 2.00. The van der Waals surface area contributed by atoms with E-state index in [9.17, 15) is 0 Å². The fourth-order valence-electron chi connectivity index (χ4n) is 0.948. The third kappa shape index (κ3) is 4.01. The van der Waals surface area contributed by atoms with Crippen molar-refractivity contribution < 1.29 is 4.74 Å². The SMILES string of the molecule is CNCCOCc1ccc(C)nc1. The van der Waals surface area contributed by atoms with Crippen molar-refractivity contribution in [2.75, 3.05) is 20.2 Å². The molecule has 0 atom stereocenters. The summed E-state index contributed by atoms with van der Waals surface area (Å²) in [6, 6.07) is 4.04. The van der Waals surface area contributed by atoms with Gasteiger partial charge < -0.3 is 10.1 Å². The Morgan fingerprint density at radius 2 is 2.31 bits per heavy atom. The summed E-state index contributed by atoms with van der Waals surface area (Å²) < 4.78 is 5.40. The van der Waals surface area contributed by atoms with Crippen molar-refractivity contribution in [1.82, 2.24) is 10.3 Å². The lowest BCUT2D eigenvalue weighted by Gasteiger charge is -2.03. The summed E-state index contributed by atoms with van der Waals surface area (Å²) >= 11 is 0. The summed E-state index contributed by atoms with van der Waals surface area (Å²) in [4.78, 5) is 4.18. The van der Waals surface area contributed by atoms with Crippen molar-refractivity contribution in [2.45, 2.75) is 13.5 Å². The van der Waals surface area contributed by atoms with Crippen LogP contribution in [0.1, 0.15) is 11.3 Å². The van der Waals surface area contributed by atoms with Gasteiger partial charge in [0.15, 0.2) is 0 Å². The van der Waals surface area contributed by atoms with Gasteiger partial charge in [-0.1, -0.05) is 6.07 Å². The van der Waals surface area contributed by atoms with Crippen LogP contribution < -0.4 is 5.32 Å². The second-order valence-corrected chi connectivity index (χ2v) is 2.96. The third-order valence-corrected chi connectivity index (χ3v) is 1.74. The molecule has 1 N–H and O–H groups in total. The Bertz CT molecular complexity index is 233. The maximum atomic E-state index is 5.40. The van der Waals surface area contributed by atoms with Crippen LogP contribution in [0.5, 0.6) is 0 Å². The van der Waals surface area contributed by atoms with E-state index in [1.807, 2.05) is 32.3 Å². The lowest BCUT2D eigenvalue weighted by atomic mass is 10.3. The van der Waals surface area contributed by atoms with Gasteiger partial charge in [-0.2, -0.15) is 0 Å². The van der Waals surface area contributed by atoms with E-state index in [4.69, 9.17) is 4.74 Å². The monoisotopic (exact) mass is 180 g/mol. The van der Waals surface area contributed by atoms with E-state index >= 15 is 0 Å². The van der Waals surface area contributed by atoms with Crippen LogP contribution in [0.4, 0.5) is 0 Å². The van der Waals surface area contributed by atoms with Gasteiger partial charge in [-0.3, -0.25) is 4.98 Å². The minimum atomic E-state index is 0.648. The van der Waals surface area contributed by atoms with E-state index in [1.165, 1.54) is 0 Å². The maximum absolute atomic E-state index is 5.40. The lowest BCUT2D eigenvalue weighted by molar-refractivity contribution is 0.124. The summed E-state index contributed by atoms with van der Waals surface area (Å²) in [6.07, 6.45) is 1.86. The van der Waals surface area contributed by atoms with Crippen LogP contribution in [0.3, 0.4) is 0 Å². The fourth-order valence-corrected chi connectivity index (χ4v) is 0.948. The molecule has 1 aromatic rings. The van der Waals surface area contributed by atoms with Crippen LogP contribution in [0.2, 0.25) is 0 Å². The Labute approximate surface area is 79.1 Å². The normalized spacial score (nSPS) is 10.3. The molecule has 0 unspecified atom stereocenters. The van der Waals surface area contributed by atoms with E-state index in [-0.39, 0.29) is 0 Å². The number of likely N-dealkylation sites (N-methyl/N-ethyl adjacent to an activating group) is 1. The van der Waals surface area contributed by atoms with E-state index in [0.717, 1.165) is 24.4 Å². The molecule has 0 aliphatic rings. The predicted molar refractivity (Wildman–Crippen MR) is 52.6 cm³/mol. The van der Waals surface area contributed by atoms with Crippen molar-refractivity contribution >= 4 is 0 Å². The van der Waals surface area contributed by atoms with E-state index in [1.54, 1.807) is 0 Å². The Morgan fingerprint density at radius 3 is 2.92 bits per heavy atom. The summed E-state index contributed by atoms with van der Waals surface area (Å²) in [5.41, 5.74) is 2.17. The molecule has 0 bridgehead atoms. The number of hydrogen-bond donors (Lipinski definition) is 1. The largest absolute Gasteiger partial charge is 0.375 e. The molecule has 1 rings (SSSR count). The van der Waals surface area contributed by atoms with E-state index < -0.39 is 0 Å². The third-order valence-electron chi connectivity index (χ3n) is 1.74. The van der Waals surface area contributed by atoms with Crippen LogP contribution in [0.25, 0.3) is 0 Å². The molecule has 1 aromatic heterocycles. The van der Waals surface area contributed by atoms with Crippen molar-refractivity contribution in [2.24, 2.45) is 0 Å². The molecule has 3 nitrogen and oxygen atoms in total. The van der Waals surface area contributed by atoms with Gasteiger partial charge in [0.25, 0.3) is 0 Å². The summed E-state index contributed by atoms with van der Waals surface area (Å²) in [5, 5.41) is 3.02. The number of ether oxygens (including phenoxy) is 1. The molecule has 0 aromatic carbocycles. The van der Waals surface area contributed by atoms with Crippen molar-refractivity contribution in [3.63, 3.8) is 0 Å². The summed E-state index contributed by atoms with van der Waals surface area (Å²) in [6.45, 7) is 4.25. The Kier molecular flexibility index (Phi) is 4.43. The second kappa shape index (κ2) is 5.67. The van der Waals surface area contributed by atoms with Gasteiger partial charge in [-0.05, 0) is 25.6 Å².